The van der Waals surface area contributed by atoms with Crippen LogP contribution in [0.5, 0.6) is 0 Å². The molecule has 0 amide bonds. The van der Waals surface area contributed by atoms with Gasteiger partial charge in [0.15, 0.2) is 0 Å². The number of likely N-dealkylation sites (tertiary alicyclic amines) is 1. The second-order valence-corrected chi connectivity index (χ2v) is 9.73. The first-order valence-electron chi connectivity index (χ1n) is 10.3. The minimum Gasteiger partial charge on any atom is -0.356 e. The number of nitrogens with zero attached hydrogens (tertiary/aromatic N) is 5. The number of hydrogen-bond donors (Lipinski definition) is 0. The van der Waals surface area contributed by atoms with Crippen LogP contribution in [-0.2, 0) is 13.0 Å². The Labute approximate surface area is 186 Å². The van der Waals surface area contributed by atoms with Gasteiger partial charge in [0, 0.05) is 36.8 Å². The van der Waals surface area contributed by atoms with E-state index < -0.39 is 12.6 Å². The molecule has 0 radical (unpaired) electrons. The number of alkyl halides is 3. The van der Waals surface area contributed by atoms with Crippen molar-refractivity contribution in [1.82, 2.24) is 19.9 Å². The van der Waals surface area contributed by atoms with Crippen LogP contribution in [0.1, 0.15) is 23.3 Å². The highest BCUT2D eigenvalue weighted by molar-refractivity contribution is 7.18. The van der Waals surface area contributed by atoms with Crippen molar-refractivity contribution in [2.24, 2.45) is 5.92 Å². The van der Waals surface area contributed by atoms with Crippen LogP contribution in [0.2, 0.25) is 5.15 Å². The summed E-state index contributed by atoms with van der Waals surface area (Å²) >= 11 is 7.00. The lowest BCUT2D eigenvalue weighted by Gasteiger charge is -2.38. The van der Waals surface area contributed by atoms with Gasteiger partial charge in [-0.15, -0.1) is 11.3 Å². The summed E-state index contributed by atoms with van der Waals surface area (Å²) in [6, 6.07) is 5.95. The molecule has 0 unspecified atom stereocenters. The van der Waals surface area contributed by atoms with E-state index in [4.69, 9.17) is 11.6 Å². The van der Waals surface area contributed by atoms with Crippen LogP contribution in [-0.4, -0.2) is 51.7 Å². The first-order chi connectivity index (χ1) is 14.9. The van der Waals surface area contributed by atoms with Gasteiger partial charge in [0.1, 0.15) is 22.1 Å². The Balaban J connectivity index is 1.31. The van der Waals surface area contributed by atoms with Crippen LogP contribution >= 0.6 is 22.9 Å². The zero-order chi connectivity index (χ0) is 21.6. The van der Waals surface area contributed by atoms with Crippen LogP contribution in [0.25, 0.3) is 10.2 Å². The summed E-state index contributed by atoms with van der Waals surface area (Å²) in [6.07, 6.45) is 0.242. The van der Waals surface area contributed by atoms with E-state index in [-0.39, 0.29) is 4.88 Å². The number of aromatic nitrogens is 3. The van der Waals surface area contributed by atoms with Crippen molar-refractivity contribution in [3.63, 3.8) is 0 Å². The molecule has 2 atom stereocenters. The number of hydrogen-bond acceptors (Lipinski definition) is 6. The Bertz CT molecular complexity index is 1070. The van der Waals surface area contributed by atoms with Gasteiger partial charge >= 0.3 is 6.18 Å². The maximum absolute atomic E-state index is 12.8. The summed E-state index contributed by atoms with van der Waals surface area (Å²) in [5.41, 5.74) is 1.15. The largest absolute Gasteiger partial charge is 0.393 e. The van der Waals surface area contributed by atoms with E-state index in [0.29, 0.717) is 21.9 Å². The third-order valence-corrected chi connectivity index (χ3v) is 7.42. The summed E-state index contributed by atoms with van der Waals surface area (Å²) in [5, 5.41) is 1.23. The highest BCUT2D eigenvalue weighted by atomic mass is 35.5. The Kier molecular flexibility index (Phi) is 5.52. The number of halogens is 4. The quantitative estimate of drug-likeness (QED) is 0.508. The molecule has 0 saturated carbocycles. The topological polar surface area (TPSA) is 45.2 Å². The number of fused-ring (bicyclic) bond motifs is 2. The van der Waals surface area contributed by atoms with Crippen molar-refractivity contribution in [2.75, 3.05) is 24.5 Å². The predicted molar refractivity (Wildman–Crippen MR) is 116 cm³/mol. The van der Waals surface area contributed by atoms with Gasteiger partial charge in [-0.1, -0.05) is 17.7 Å². The number of thiophene rings is 1. The lowest BCUT2D eigenvalue weighted by atomic mass is 9.92. The Morgan fingerprint density at radius 1 is 1.13 bits per heavy atom. The van der Waals surface area contributed by atoms with Crippen molar-refractivity contribution < 1.29 is 13.2 Å². The number of anilines is 1. The van der Waals surface area contributed by atoms with Gasteiger partial charge in [0.05, 0.1) is 11.8 Å². The SMILES string of the molecule is FC(F)(F)Cc1cc2c(N3CC[C@H]4[C@H](CCN4Cc4ccc(Cl)nc4)C3)ncnc2s1. The number of pyridine rings is 1. The Morgan fingerprint density at radius 3 is 2.77 bits per heavy atom. The molecule has 10 heteroatoms. The maximum atomic E-state index is 12.8. The van der Waals surface area contributed by atoms with Gasteiger partial charge in [-0.25, -0.2) is 15.0 Å². The van der Waals surface area contributed by atoms with Crippen LogP contribution in [0.15, 0.2) is 30.7 Å². The van der Waals surface area contributed by atoms with Crippen LogP contribution in [0.3, 0.4) is 0 Å². The minimum absolute atomic E-state index is 0.280. The third kappa shape index (κ3) is 4.49. The van der Waals surface area contributed by atoms with Gasteiger partial charge in [-0.3, -0.25) is 4.90 Å². The van der Waals surface area contributed by atoms with Crippen molar-refractivity contribution in [2.45, 2.75) is 38.0 Å². The van der Waals surface area contributed by atoms with Gasteiger partial charge in [-0.2, -0.15) is 13.2 Å². The fraction of sp³-hybridized carbons (Fsp3) is 0.476. The molecule has 2 saturated heterocycles. The second-order valence-electron chi connectivity index (χ2n) is 8.23. The molecule has 5 rings (SSSR count). The van der Waals surface area contributed by atoms with Crippen molar-refractivity contribution in [3.8, 4) is 0 Å². The van der Waals surface area contributed by atoms with Crippen LogP contribution in [0.4, 0.5) is 19.0 Å². The third-order valence-electron chi connectivity index (χ3n) is 6.16. The molecule has 0 bridgehead atoms. The molecule has 0 aromatic carbocycles. The minimum atomic E-state index is -4.22. The van der Waals surface area contributed by atoms with E-state index in [1.807, 2.05) is 18.3 Å². The molecular weight excluding hydrogens is 447 g/mol. The van der Waals surface area contributed by atoms with Crippen molar-refractivity contribution in [1.29, 1.82) is 0 Å². The fourth-order valence-electron chi connectivity index (χ4n) is 4.83. The molecule has 5 heterocycles. The van der Waals surface area contributed by atoms with E-state index in [1.54, 1.807) is 6.07 Å². The Morgan fingerprint density at radius 2 is 2.00 bits per heavy atom. The normalized spacial score (nSPS) is 22.3. The fourth-order valence-corrected chi connectivity index (χ4v) is 5.97. The first-order valence-corrected chi connectivity index (χ1v) is 11.4. The standard InChI is InChI=1S/C21H21ClF3N5S/c22-18-2-1-13(9-26-18)10-29-5-3-14-11-30(6-4-17(14)29)19-16-7-15(8-21(23,24)25)31-20(16)28-12-27-19/h1-2,7,9,12,14,17H,3-6,8,10-11H2/t14-,17+/m1/s1. The first kappa shape index (κ1) is 20.9. The molecule has 31 heavy (non-hydrogen) atoms. The summed E-state index contributed by atoms with van der Waals surface area (Å²) in [4.78, 5) is 18.5. The molecular formula is C21H21ClF3N5S. The summed E-state index contributed by atoms with van der Waals surface area (Å²) in [6.45, 7) is 3.57. The van der Waals surface area contributed by atoms with E-state index in [1.165, 1.54) is 6.33 Å². The molecule has 0 N–H and O–H groups in total. The molecule has 2 aliphatic rings. The molecule has 164 valence electrons. The van der Waals surface area contributed by atoms with E-state index in [2.05, 4.69) is 24.8 Å². The zero-order valence-corrected chi connectivity index (χ0v) is 18.2. The van der Waals surface area contributed by atoms with Gasteiger partial charge < -0.3 is 4.90 Å². The molecule has 0 aliphatic carbocycles. The van der Waals surface area contributed by atoms with E-state index in [0.717, 1.165) is 67.1 Å². The van der Waals surface area contributed by atoms with E-state index in [9.17, 15) is 13.2 Å². The lowest BCUT2D eigenvalue weighted by molar-refractivity contribution is -0.126. The molecule has 2 fully saturated rings. The zero-order valence-electron chi connectivity index (χ0n) is 16.6. The summed E-state index contributed by atoms with van der Waals surface area (Å²) in [7, 11) is 0. The van der Waals surface area contributed by atoms with Crippen molar-refractivity contribution >= 4 is 39.0 Å². The van der Waals surface area contributed by atoms with Crippen molar-refractivity contribution in [3.05, 3.63) is 46.3 Å². The summed E-state index contributed by atoms with van der Waals surface area (Å²) < 4.78 is 38.5. The van der Waals surface area contributed by atoms with Gasteiger partial charge in [-0.05, 0) is 43.0 Å². The van der Waals surface area contributed by atoms with Crippen LogP contribution < -0.4 is 4.90 Å². The highest BCUT2D eigenvalue weighted by Crippen LogP contribution is 2.38. The summed E-state index contributed by atoms with van der Waals surface area (Å²) in [5.74, 6) is 1.26. The van der Waals surface area contributed by atoms with Crippen LogP contribution in [0, 0.1) is 5.92 Å². The van der Waals surface area contributed by atoms with Gasteiger partial charge in [0.25, 0.3) is 0 Å². The average Bonchev–Trinajstić information content (AvgIpc) is 3.31. The lowest BCUT2D eigenvalue weighted by Crippen LogP contribution is -2.46. The Hall–Kier alpha value is -1.97. The van der Waals surface area contributed by atoms with E-state index >= 15 is 0 Å². The molecule has 0 spiro atoms. The molecule has 5 nitrogen and oxygen atoms in total. The number of piperidine rings is 1. The monoisotopic (exact) mass is 467 g/mol. The maximum Gasteiger partial charge on any atom is 0.393 e. The number of rotatable bonds is 4. The molecule has 3 aromatic rings. The molecule has 2 aliphatic heterocycles. The smallest absolute Gasteiger partial charge is 0.356 e. The average molecular weight is 468 g/mol. The highest BCUT2D eigenvalue weighted by Gasteiger charge is 2.39. The predicted octanol–water partition coefficient (Wildman–Crippen LogP) is 4.95. The second kappa shape index (κ2) is 8.18. The van der Waals surface area contributed by atoms with Gasteiger partial charge in [0.2, 0.25) is 0 Å². The molecule has 3 aromatic heterocycles.